The summed E-state index contributed by atoms with van der Waals surface area (Å²) in [5.74, 6) is 0.268. The molecule has 0 fully saturated rings. The molecule has 3 N–H and O–H groups in total. The molecule has 0 saturated heterocycles. The van der Waals surface area contributed by atoms with Crippen LogP contribution in [0.1, 0.15) is 16.6 Å². The zero-order chi connectivity index (χ0) is 14.0. The number of anilines is 1. The Morgan fingerprint density at radius 1 is 1.37 bits per heavy atom. The Bertz CT molecular complexity index is 621. The highest BCUT2D eigenvalue weighted by Crippen LogP contribution is 2.28. The Morgan fingerprint density at radius 2 is 2.11 bits per heavy atom. The number of rotatable bonds is 3. The van der Waals surface area contributed by atoms with Crippen LogP contribution in [-0.4, -0.2) is 18.7 Å². The Morgan fingerprint density at radius 3 is 2.68 bits per heavy atom. The molecule has 2 rings (SSSR count). The smallest absolute Gasteiger partial charge is 0.168 e. The number of nitrogens with two attached hydrogens (primary N) is 1. The maximum atomic E-state index is 11.6. The highest BCUT2D eigenvalue weighted by atomic mass is 79.9. The largest absolute Gasteiger partial charge is 0.384 e. The summed E-state index contributed by atoms with van der Waals surface area (Å²) in [7, 11) is 0. The van der Waals surface area contributed by atoms with Gasteiger partial charge in [-0.25, -0.2) is 14.2 Å². The van der Waals surface area contributed by atoms with Crippen molar-refractivity contribution in [2.24, 2.45) is 0 Å². The molecular formula is C11H9BrClN3O2S. The third-order valence-corrected chi connectivity index (χ3v) is 3.89. The second-order valence-corrected chi connectivity index (χ2v) is 6.01. The molecular weight excluding hydrogens is 354 g/mol. The molecule has 100 valence electrons. The van der Waals surface area contributed by atoms with Crippen molar-refractivity contribution in [2.75, 3.05) is 5.73 Å². The number of nitrogens with zero attached hydrogens (tertiary/aromatic N) is 2. The van der Waals surface area contributed by atoms with E-state index in [-0.39, 0.29) is 16.8 Å². The predicted octanol–water partition coefficient (Wildman–Crippen LogP) is 2.79. The van der Waals surface area contributed by atoms with Gasteiger partial charge in [0.1, 0.15) is 16.2 Å². The summed E-state index contributed by atoms with van der Waals surface area (Å²) in [5.41, 5.74) is 6.17. The lowest BCUT2D eigenvalue weighted by Gasteiger charge is -2.13. The first kappa shape index (κ1) is 14.4. The summed E-state index contributed by atoms with van der Waals surface area (Å²) in [6.07, 6.45) is 0. The number of hydrogen-bond donors (Lipinski definition) is 2. The average molecular weight is 363 g/mol. The molecule has 0 aliphatic heterocycles. The van der Waals surface area contributed by atoms with Gasteiger partial charge < -0.3 is 10.3 Å². The minimum atomic E-state index is -2.19. The van der Waals surface area contributed by atoms with E-state index in [9.17, 15) is 8.76 Å². The quantitative estimate of drug-likeness (QED) is 0.647. The van der Waals surface area contributed by atoms with Crippen LogP contribution in [0.5, 0.6) is 0 Å². The molecule has 2 aromatic rings. The molecule has 0 saturated carbocycles. The number of halogens is 2. The van der Waals surface area contributed by atoms with Gasteiger partial charge in [-0.2, -0.15) is 0 Å². The molecule has 1 aromatic carbocycles. The summed E-state index contributed by atoms with van der Waals surface area (Å²) < 4.78 is 21.8. The average Bonchev–Trinajstić information content (AvgIpc) is 2.27. The molecule has 0 aliphatic rings. The Labute approximate surface area is 125 Å². The third kappa shape index (κ3) is 3.50. The van der Waals surface area contributed by atoms with Gasteiger partial charge in [-0.05, 0) is 17.7 Å². The molecule has 8 heteroatoms. The van der Waals surface area contributed by atoms with Crippen LogP contribution < -0.4 is 5.73 Å². The minimum absolute atomic E-state index is 0.115. The summed E-state index contributed by atoms with van der Waals surface area (Å²) in [6, 6.07) is 8.38. The molecule has 0 spiro atoms. The van der Waals surface area contributed by atoms with Gasteiger partial charge in [0.2, 0.25) is 0 Å². The van der Waals surface area contributed by atoms with Gasteiger partial charge in [-0.1, -0.05) is 39.7 Å². The zero-order valence-electron chi connectivity index (χ0n) is 9.46. The summed E-state index contributed by atoms with van der Waals surface area (Å²) in [5, 5.41) is -0.772. The van der Waals surface area contributed by atoms with E-state index in [1.807, 2.05) is 6.07 Å². The topological polar surface area (TPSA) is 89.1 Å². The Hall–Kier alpha value is -1.02. The predicted molar refractivity (Wildman–Crippen MR) is 78.2 cm³/mol. The standard InChI is InChI=1S/C11H9BrClN3O2S/c12-7-3-1-2-6(4-7)10(19(17)18)11-15-8(13)5-9(14)16-11/h1-5,10H,(H,17,18)(H2,14,15,16). The Balaban J connectivity index is 2.54. The number of aromatic nitrogens is 2. The van der Waals surface area contributed by atoms with Crippen LogP contribution in [0.4, 0.5) is 5.82 Å². The van der Waals surface area contributed by atoms with Gasteiger partial charge in [0.25, 0.3) is 0 Å². The van der Waals surface area contributed by atoms with E-state index in [2.05, 4.69) is 25.9 Å². The van der Waals surface area contributed by atoms with Gasteiger partial charge in [0, 0.05) is 10.5 Å². The molecule has 1 aromatic heterocycles. The van der Waals surface area contributed by atoms with Crippen molar-refractivity contribution in [3.05, 3.63) is 51.3 Å². The fraction of sp³-hybridized carbons (Fsp3) is 0.0909. The minimum Gasteiger partial charge on any atom is -0.384 e. The molecule has 0 radical (unpaired) electrons. The van der Waals surface area contributed by atoms with Gasteiger partial charge in [0.15, 0.2) is 16.9 Å². The van der Waals surface area contributed by atoms with E-state index in [1.54, 1.807) is 18.2 Å². The highest BCUT2D eigenvalue weighted by Gasteiger charge is 2.24. The molecule has 2 unspecified atom stereocenters. The van der Waals surface area contributed by atoms with Gasteiger partial charge in [-0.3, -0.25) is 0 Å². The van der Waals surface area contributed by atoms with E-state index in [0.29, 0.717) is 5.56 Å². The van der Waals surface area contributed by atoms with E-state index >= 15 is 0 Å². The van der Waals surface area contributed by atoms with Gasteiger partial charge in [-0.15, -0.1) is 0 Å². The molecule has 19 heavy (non-hydrogen) atoms. The SMILES string of the molecule is Nc1cc(Cl)nc(C(c2cccc(Br)c2)S(=O)O)n1. The van der Waals surface area contributed by atoms with E-state index in [4.69, 9.17) is 17.3 Å². The first-order valence-electron chi connectivity index (χ1n) is 5.12. The maximum Gasteiger partial charge on any atom is 0.168 e. The lowest BCUT2D eigenvalue weighted by atomic mass is 10.1. The second-order valence-electron chi connectivity index (χ2n) is 3.68. The van der Waals surface area contributed by atoms with Crippen molar-refractivity contribution >= 4 is 44.4 Å². The molecule has 0 aliphatic carbocycles. The fourth-order valence-electron chi connectivity index (χ4n) is 1.60. The summed E-state index contributed by atoms with van der Waals surface area (Å²) >= 11 is 6.92. The van der Waals surface area contributed by atoms with Crippen molar-refractivity contribution < 1.29 is 8.76 Å². The van der Waals surface area contributed by atoms with E-state index < -0.39 is 16.3 Å². The van der Waals surface area contributed by atoms with Crippen LogP contribution in [0.3, 0.4) is 0 Å². The molecule has 0 amide bonds. The summed E-state index contributed by atoms with van der Waals surface area (Å²) in [4.78, 5) is 7.94. The lowest BCUT2D eigenvalue weighted by Crippen LogP contribution is -2.12. The number of benzene rings is 1. The van der Waals surface area contributed by atoms with Crippen LogP contribution >= 0.6 is 27.5 Å². The second kappa shape index (κ2) is 5.96. The van der Waals surface area contributed by atoms with E-state index in [1.165, 1.54) is 6.07 Å². The van der Waals surface area contributed by atoms with Crippen molar-refractivity contribution in [3.63, 3.8) is 0 Å². The first-order valence-corrected chi connectivity index (χ1v) is 7.46. The number of hydrogen-bond acceptors (Lipinski definition) is 4. The third-order valence-electron chi connectivity index (χ3n) is 2.32. The molecule has 1 heterocycles. The maximum absolute atomic E-state index is 11.6. The first-order chi connectivity index (χ1) is 8.97. The lowest BCUT2D eigenvalue weighted by molar-refractivity contribution is 0.554. The Kier molecular flexibility index (Phi) is 4.51. The van der Waals surface area contributed by atoms with Crippen molar-refractivity contribution in [1.29, 1.82) is 0 Å². The van der Waals surface area contributed by atoms with Crippen molar-refractivity contribution in [3.8, 4) is 0 Å². The highest BCUT2D eigenvalue weighted by molar-refractivity contribution is 9.10. The summed E-state index contributed by atoms with van der Waals surface area (Å²) in [6.45, 7) is 0. The van der Waals surface area contributed by atoms with Crippen LogP contribution in [0, 0.1) is 0 Å². The van der Waals surface area contributed by atoms with Crippen LogP contribution in [-0.2, 0) is 11.1 Å². The molecule has 2 atom stereocenters. The van der Waals surface area contributed by atoms with Crippen molar-refractivity contribution in [1.82, 2.24) is 9.97 Å². The van der Waals surface area contributed by atoms with Crippen molar-refractivity contribution in [2.45, 2.75) is 5.25 Å². The van der Waals surface area contributed by atoms with Crippen LogP contribution in [0.2, 0.25) is 5.15 Å². The van der Waals surface area contributed by atoms with Crippen LogP contribution in [0.15, 0.2) is 34.8 Å². The monoisotopic (exact) mass is 361 g/mol. The van der Waals surface area contributed by atoms with E-state index in [0.717, 1.165) is 4.47 Å². The van der Waals surface area contributed by atoms with Gasteiger partial charge >= 0.3 is 0 Å². The fourth-order valence-corrected chi connectivity index (χ4v) is 2.88. The number of nitrogen functional groups attached to an aromatic ring is 1. The zero-order valence-corrected chi connectivity index (χ0v) is 12.6. The van der Waals surface area contributed by atoms with Crippen LogP contribution in [0.25, 0.3) is 0 Å². The molecule has 0 bridgehead atoms. The van der Waals surface area contributed by atoms with Gasteiger partial charge in [0.05, 0.1) is 0 Å². The molecule has 5 nitrogen and oxygen atoms in total. The normalized spacial score (nSPS) is 14.1.